The summed E-state index contributed by atoms with van der Waals surface area (Å²) >= 11 is 0. The molecule has 96 valence electrons. The van der Waals surface area contributed by atoms with E-state index in [2.05, 4.69) is 36.2 Å². The van der Waals surface area contributed by atoms with E-state index in [4.69, 9.17) is 0 Å². The maximum Gasteiger partial charge on any atom is 0.140 e. The minimum absolute atomic E-state index is 0.0321. The highest BCUT2D eigenvalue weighted by atomic mass is 16.3. The summed E-state index contributed by atoms with van der Waals surface area (Å²) in [4.78, 5) is 4.26. The fourth-order valence-corrected chi connectivity index (χ4v) is 2.29. The van der Waals surface area contributed by atoms with Crippen molar-refractivity contribution in [3.63, 3.8) is 0 Å². The highest BCUT2D eigenvalue weighted by Gasteiger charge is 2.46. The number of aromatic nitrogens is 3. The topological polar surface area (TPSA) is 63.0 Å². The maximum absolute atomic E-state index is 9.67. The molecule has 1 heterocycles. The number of hydrogen-bond donors (Lipinski definition) is 2. The first-order chi connectivity index (χ1) is 8.05. The third kappa shape index (κ3) is 2.35. The van der Waals surface area contributed by atoms with Crippen molar-refractivity contribution in [2.24, 2.45) is 5.41 Å². The molecule has 1 aliphatic rings. The average Bonchev–Trinajstić information content (AvgIpc) is 2.72. The van der Waals surface area contributed by atoms with Crippen LogP contribution in [0.15, 0.2) is 6.33 Å². The van der Waals surface area contributed by atoms with Crippen molar-refractivity contribution < 1.29 is 5.11 Å². The number of aliphatic hydroxyl groups excluding tert-OH is 1. The molecule has 17 heavy (non-hydrogen) atoms. The molecule has 2 rings (SSSR count). The van der Waals surface area contributed by atoms with Crippen LogP contribution in [0.2, 0.25) is 0 Å². The van der Waals surface area contributed by atoms with Gasteiger partial charge in [0, 0.05) is 18.0 Å². The average molecular weight is 238 g/mol. The third-order valence-corrected chi connectivity index (χ3v) is 3.85. The molecule has 1 fully saturated rings. The predicted octanol–water partition coefficient (Wildman–Crippen LogP) is 0.937. The Labute approximate surface area is 102 Å². The third-order valence-electron chi connectivity index (χ3n) is 3.85. The van der Waals surface area contributed by atoms with Crippen molar-refractivity contribution in [3.8, 4) is 0 Å². The van der Waals surface area contributed by atoms with Crippen LogP contribution < -0.4 is 5.32 Å². The lowest BCUT2D eigenvalue weighted by molar-refractivity contribution is -0.0732. The lowest BCUT2D eigenvalue weighted by Crippen LogP contribution is -2.59. The largest absolute Gasteiger partial charge is 0.392 e. The van der Waals surface area contributed by atoms with E-state index in [0.717, 1.165) is 31.8 Å². The summed E-state index contributed by atoms with van der Waals surface area (Å²) < 4.78 is 1.94. The number of rotatable bonds is 5. The first-order valence-corrected chi connectivity index (χ1v) is 6.33. The normalized spacial score (nSPS) is 26.8. The van der Waals surface area contributed by atoms with Crippen molar-refractivity contribution >= 4 is 0 Å². The first kappa shape index (κ1) is 12.5. The number of hydrogen-bond acceptors (Lipinski definition) is 4. The van der Waals surface area contributed by atoms with Gasteiger partial charge in [-0.3, -0.25) is 0 Å². The minimum Gasteiger partial charge on any atom is -0.392 e. The van der Waals surface area contributed by atoms with Crippen LogP contribution in [0.4, 0.5) is 0 Å². The Kier molecular flexibility index (Phi) is 3.49. The van der Waals surface area contributed by atoms with Crippen LogP contribution in [-0.4, -0.2) is 32.0 Å². The van der Waals surface area contributed by atoms with Gasteiger partial charge in [-0.1, -0.05) is 20.8 Å². The summed E-state index contributed by atoms with van der Waals surface area (Å²) in [5.74, 6) is 0.976. The molecule has 0 aliphatic heterocycles. The molecular formula is C12H22N4O. The summed E-state index contributed by atoms with van der Waals surface area (Å²) in [6.07, 6.45) is 3.31. The maximum atomic E-state index is 9.67. The summed E-state index contributed by atoms with van der Waals surface area (Å²) in [5.41, 5.74) is -0.0321. The van der Waals surface area contributed by atoms with Gasteiger partial charge in [0.25, 0.3) is 0 Å². The molecule has 2 unspecified atom stereocenters. The molecule has 0 saturated heterocycles. The lowest BCUT2D eigenvalue weighted by atomic mass is 9.64. The molecular weight excluding hydrogens is 216 g/mol. The Hall–Kier alpha value is -0.940. The van der Waals surface area contributed by atoms with Gasteiger partial charge in [0.15, 0.2) is 0 Å². The van der Waals surface area contributed by atoms with Gasteiger partial charge in [0.2, 0.25) is 0 Å². The summed E-state index contributed by atoms with van der Waals surface area (Å²) in [6.45, 7) is 7.95. The molecule has 0 radical (unpaired) electrons. The molecule has 0 amide bonds. The molecule has 5 heteroatoms. The zero-order valence-electron chi connectivity index (χ0n) is 10.8. The monoisotopic (exact) mass is 238 g/mol. The first-order valence-electron chi connectivity index (χ1n) is 6.33. The standard InChI is InChI=1S/C12H22N4O/c1-4-5-16-11(14-8-15-16)7-13-9-6-10(17)12(9,2)3/h8-10,13,17H,4-7H2,1-3H3. The van der Waals surface area contributed by atoms with Gasteiger partial charge in [-0.2, -0.15) is 5.10 Å². The van der Waals surface area contributed by atoms with Gasteiger partial charge in [-0.15, -0.1) is 0 Å². The molecule has 1 aliphatic carbocycles. The zero-order valence-corrected chi connectivity index (χ0v) is 10.8. The Bertz CT molecular complexity index is 374. The van der Waals surface area contributed by atoms with E-state index in [1.807, 2.05) is 4.68 Å². The number of aliphatic hydroxyl groups is 1. The molecule has 1 aromatic heterocycles. The molecule has 0 aromatic carbocycles. The molecule has 2 atom stereocenters. The highest BCUT2D eigenvalue weighted by molar-refractivity contribution is 5.02. The van der Waals surface area contributed by atoms with E-state index >= 15 is 0 Å². The van der Waals surface area contributed by atoms with Crippen molar-refractivity contribution in [3.05, 3.63) is 12.2 Å². The second kappa shape index (κ2) is 4.74. The van der Waals surface area contributed by atoms with Gasteiger partial charge in [0.05, 0.1) is 12.6 Å². The fourth-order valence-electron chi connectivity index (χ4n) is 2.29. The van der Waals surface area contributed by atoms with Crippen LogP contribution in [0.1, 0.15) is 39.4 Å². The van der Waals surface area contributed by atoms with E-state index < -0.39 is 0 Å². The second-order valence-corrected chi connectivity index (χ2v) is 5.41. The number of aryl methyl sites for hydroxylation is 1. The Morgan fingerprint density at radius 1 is 1.59 bits per heavy atom. The van der Waals surface area contributed by atoms with Crippen LogP contribution in [0.5, 0.6) is 0 Å². The Morgan fingerprint density at radius 3 is 2.94 bits per heavy atom. The fraction of sp³-hybridized carbons (Fsp3) is 0.833. The quantitative estimate of drug-likeness (QED) is 0.801. The van der Waals surface area contributed by atoms with Crippen molar-refractivity contribution in [1.29, 1.82) is 0 Å². The highest BCUT2D eigenvalue weighted by Crippen LogP contribution is 2.40. The Balaban J connectivity index is 1.88. The molecule has 0 bridgehead atoms. The van der Waals surface area contributed by atoms with E-state index in [-0.39, 0.29) is 11.5 Å². The van der Waals surface area contributed by atoms with Crippen molar-refractivity contribution in [2.75, 3.05) is 0 Å². The summed E-state index contributed by atoms with van der Waals surface area (Å²) in [6, 6.07) is 0.365. The zero-order chi connectivity index (χ0) is 12.5. The lowest BCUT2D eigenvalue weighted by Gasteiger charge is -2.49. The van der Waals surface area contributed by atoms with Crippen LogP contribution in [-0.2, 0) is 13.1 Å². The molecule has 1 aromatic rings. The summed E-state index contributed by atoms with van der Waals surface area (Å²) in [5, 5.41) is 17.3. The van der Waals surface area contributed by atoms with Crippen LogP contribution in [0.25, 0.3) is 0 Å². The van der Waals surface area contributed by atoms with Gasteiger partial charge in [-0.05, 0) is 12.8 Å². The molecule has 5 nitrogen and oxygen atoms in total. The number of nitrogens with zero attached hydrogens (tertiary/aromatic N) is 3. The van der Waals surface area contributed by atoms with Crippen molar-refractivity contribution in [2.45, 2.75) is 58.8 Å². The summed E-state index contributed by atoms with van der Waals surface area (Å²) in [7, 11) is 0. The van der Waals surface area contributed by atoms with Gasteiger partial charge in [0.1, 0.15) is 12.2 Å². The van der Waals surface area contributed by atoms with E-state index in [9.17, 15) is 5.11 Å². The van der Waals surface area contributed by atoms with Crippen LogP contribution in [0.3, 0.4) is 0 Å². The predicted molar refractivity (Wildman–Crippen MR) is 65.3 cm³/mol. The van der Waals surface area contributed by atoms with Gasteiger partial charge in [-0.25, -0.2) is 9.67 Å². The van der Waals surface area contributed by atoms with Gasteiger partial charge >= 0.3 is 0 Å². The number of nitrogens with one attached hydrogen (secondary N) is 1. The van der Waals surface area contributed by atoms with Crippen molar-refractivity contribution in [1.82, 2.24) is 20.1 Å². The molecule has 0 spiro atoms. The van der Waals surface area contributed by atoms with E-state index in [0.29, 0.717) is 6.04 Å². The SMILES string of the molecule is CCCn1ncnc1CNC1CC(O)C1(C)C. The Morgan fingerprint density at radius 2 is 2.35 bits per heavy atom. The minimum atomic E-state index is -0.187. The molecule has 2 N–H and O–H groups in total. The van der Waals surface area contributed by atoms with Gasteiger partial charge < -0.3 is 10.4 Å². The smallest absolute Gasteiger partial charge is 0.140 e. The van der Waals surface area contributed by atoms with Crippen LogP contribution >= 0.6 is 0 Å². The second-order valence-electron chi connectivity index (χ2n) is 5.41. The van der Waals surface area contributed by atoms with Crippen LogP contribution in [0, 0.1) is 5.41 Å². The molecule has 1 saturated carbocycles. The van der Waals surface area contributed by atoms with E-state index in [1.165, 1.54) is 0 Å². The van der Waals surface area contributed by atoms with E-state index in [1.54, 1.807) is 6.33 Å².